The Hall–Kier alpha value is -2.98. The molecule has 2 heterocycles. The second-order valence-electron chi connectivity index (χ2n) is 7.94. The highest BCUT2D eigenvalue weighted by Gasteiger charge is 2.28. The summed E-state index contributed by atoms with van der Waals surface area (Å²) in [5.74, 6) is -0.837. The van der Waals surface area contributed by atoms with Crippen molar-refractivity contribution in [2.24, 2.45) is 0 Å². The number of halogens is 2. The minimum atomic E-state index is -4.13. The number of benzene rings is 1. The summed E-state index contributed by atoms with van der Waals surface area (Å²) in [5, 5.41) is 3.68. The third kappa shape index (κ3) is 4.76. The lowest BCUT2D eigenvalue weighted by atomic mass is 10.1. The summed E-state index contributed by atoms with van der Waals surface area (Å²) in [7, 11) is -2.54. The van der Waals surface area contributed by atoms with Gasteiger partial charge in [0, 0.05) is 31.0 Å². The molecule has 32 heavy (non-hydrogen) atoms. The standard InChI is InChI=1S/C21H22ClFN4O4S/c1-21(2,3)26(4)20(28)31-13-14-11-18(32(29,30)15-7-6-10-24-12-15)27(25-14)17-9-5-8-16(22)19(17)23/h5-12H,13H2,1-4H3. The molecule has 1 aromatic carbocycles. The normalized spacial score (nSPS) is 11.9. The van der Waals surface area contributed by atoms with Crippen molar-refractivity contribution in [3.63, 3.8) is 0 Å². The highest BCUT2D eigenvalue weighted by Crippen LogP contribution is 2.28. The van der Waals surface area contributed by atoms with Crippen LogP contribution in [0.5, 0.6) is 0 Å². The zero-order valence-electron chi connectivity index (χ0n) is 17.9. The number of hydrogen-bond donors (Lipinski definition) is 0. The Morgan fingerprint density at radius 1 is 1.25 bits per heavy atom. The van der Waals surface area contributed by atoms with Gasteiger partial charge < -0.3 is 9.64 Å². The molecule has 0 radical (unpaired) electrons. The van der Waals surface area contributed by atoms with Crippen LogP contribution in [-0.2, 0) is 21.2 Å². The van der Waals surface area contributed by atoms with E-state index < -0.39 is 27.3 Å². The molecule has 0 atom stereocenters. The van der Waals surface area contributed by atoms with Crippen molar-refractivity contribution in [2.45, 2.75) is 42.8 Å². The molecular formula is C21H22ClFN4O4S. The molecule has 0 bridgehead atoms. The Balaban J connectivity index is 2.05. The first kappa shape index (κ1) is 23.7. The van der Waals surface area contributed by atoms with Crippen molar-refractivity contribution in [2.75, 3.05) is 7.05 Å². The van der Waals surface area contributed by atoms with Crippen LogP contribution in [0.2, 0.25) is 5.02 Å². The summed E-state index contributed by atoms with van der Waals surface area (Å²) in [4.78, 5) is 17.4. The molecule has 0 fully saturated rings. The molecule has 0 aliphatic rings. The van der Waals surface area contributed by atoms with Gasteiger partial charge in [-0.2, -0.15) is 5.10 Å². The van der Waals surface area contributed by atoms with Crippen LogP contribution in [0.4, 0.5) is 9.18 Å². The van der Waals surface area contributed by atoms with Gasteiger partial charge in [-0.05, 0) is 45.0 Å². The van der Waals surface area contributed by atoms with Crippen LogP contribution in [0.15, 0.2) is 58.7 Å². The van der Waals surface area contributed by atoms with E-state index in [1.165, 1.54) is 53.7 Å². The number of carbonyl (C=O) groups excluding carboxylic acids is 1. The number of aromatic nitrogens is 3. The topological polar surface area (TPSA) is 94.4 Å². The summed E-state index contributed by atoms with van der Waals surface area (Å²) in [6, 6.07) is 8.22. The van der Waals surface area contributed by atoms with Crippen LogP contribution in [0.25, 0.3) is 5.69 Å². The lowest BCUT2D eigenvalue weighted by Crippen LogP contribution is -2.42. The smallest absolute Gasteiger partial charge is 0.410 e. The van der Waals surface area contributed by atoms with Crippen molar-refractivity contribution in [3.05, 3.63) is 65.3 Å². The zero-order chi connectivity index (χ0) is 23.7. The molecule has 0 saturated carbocycles. The predicted octanol–water partition coefficient (Wildman–Crippen LogP) is 4.26. The largest absolute Gasteiger partial charge is 0.443 e. The molecular weight excluding hydrogens is 459 g/mol. The Morgan fingerprint density at radius 2 is 1.97 bits per heavy atom. The highest BCUT2D eigenvalue weighted by molar-refractivity contribution is 7.91. The maximum absolute atomic E-state index is 14.7. The van der Waals surface area contributed by atoms with Gasteiger partial charge in [0.05, 0.1) is 9.92 Å². The number of amides is 1. The third-order valence-electron chi connectivity index (χ3n) is 4.73. The van der Waals surface area contributed by atoms with E-state index in [0.717, 1.165) is 4.68 Å². The van der Waals surface area contributed by atoms with Crippen LogP contribution in [0.1, 0.15) is 26.5 Å². The molecule has 170 valence electrons. The van der Waals surface area contributed by atoms with Crippen LogP contribution in [-0.4, -0.2) is 46.8 Å². The van der Waals surface area contributed by atoms with Crippen molar-refractivity contribution in [1.82, 2.24) is 19.7 Å². The molecule has 3 aromatic rings. The first-order valence-electron chi connectivity index (χ1n) is 9.52. The minimum Gasteiger partial charge on any atom is -0.443 e. The number of carbonyl (C=O) groups is 1. The van der Waals surface area contributed by atoms with Gasteiger partial charge in [0.2, 0.25) is 9.84 Å². The number of hydrogen-bond acceptors (Lipinski definition) is 6. The lowest BCUT2D eigenvalue weighted by molar-refractivity contribution is 0.0749. The lowest BCUT2D eigenvalue weighted by Gasteiger charge is -2.30. The number of ether oxygens (including phenoxy) is 1. The number of rotatable bonds is 5. The summed E-state index contributed by atoms with van der Waals surface area (Å²) in [5.41, 5.74) is -0.526. The van der Waals surface area contributed by atoms with E-state index in [2.05, 4.69) is 10.1 Å². The monoisotopic (exact) mass is 480 g/mol. The first-order valence-corrected chi connectivity index (χ1v) is 11.4. The van der Waals surface area contributed by atoms with Gasteiger partial charge in [-0.1, -0.05) is 17.7 Å². The fourth-order valence-corrected chi connectivity index (χ4v) is 4.16. The number of nitrogens with zero attached hydrogens (tertiary/aromatic N) is 4. The van der Waals surface area contributed by atoms with Gasteiger partial charge in [-0.15, -0.1) is 0 Å². The fourth-order valence-electron chi connectivity index (χ4n) is 2.63. The van der Waals surface area contributed by atoms with Crippen molar-refractivity contribution in [3.8, 4) is 5.69 Å². The molecule has 0 aliphatic carbocycles. The van der Waals surface area contributed by atoms with Crippen molar-refractivity contribution >= 4 is 27.5 Å². The van der Waals surface area contributed by atoms with Crippen LogP contribution < -0.4 is 0 Å². The SMILES string of the molecule is CN(C(=O)OCc1cc(S(=O)(=O)c2cccnc2)n(-c2cccc(Cl)c2F)n1)C(C)(C)C. The van der Waals surface area contributed by atoms with Crippen molar-refractivity contribution in [1.29, 1.82) is 0 Å². The number of pyridine rings is 1. The second kappa shape index (κ2) is 8.87. The second-order valence-corrected chi connectivity index (χ2v) is 10.2. The quantitative estimate of drug-likeness (QED) is 0.541. The van der Waals surface area contributed by atoms with E-state index in [1.807, 2.05) is 20.8 Å². The van der Waals surface area contributed by atoms with Crippen LogP contribution in [0.3, 0.4) is 0 Å². The average Bonchev–Trinajstić information content (AvgIpc) is 3.18. The minimum absolute atomic E-state index is 0.0976. The van der Waals surface area contributed by atoms with Crippen LogP contribution in [0, 0.1) is 5.82 Å². The Kier molecular flexibility index (Phi) is 6.56. The molecule has 0 spiro atoms. The van der Waals surface area contributed by atoms with Gasteiger partial charge >= 0.3 is 6.09 Å². The van der Waals surface area contributed by atoms with E-state index >= 15 is 0 Å². The third-order valence-corrected chi connectivity index (χ3v) is 6.73. The molecule has 1 amide bonds. The summed E-state index contributed by atoms with van der Waals surface area (Å²) in [6.07, 6.45) is 2.00. The molecule has 11 heteroatoms. The van der Waals surface area contributed by atoms with Crippen LogP contribution >= 0.6 is 11.6 Å². The molecule has 0 saturated heterocycles. The van der Waals surface area contributed by atoms with Gasteiger partial charge in [-0.3, -0.25) is 4.98 Å². The van der Waals surface area contributed by atoms with Gasteiger partial charge in [0.15, 0.2) is 10.8 Å². The van der Waals surface area contributed by atoms with E-state index in [1.54, 1.807) is 7.05 Å². The maximum atomic E-state index is 14.7. The fraction of sp³-hybridized carbons (Fsp3) is 0.286. The molecule has 3 rings (SSSR count). The van der Waals surface area contributed by atoms with E-state index in [-0.39, 0.29) is 32.9 Å². The average molecular weight is 481 g/mol. The summed E-state index contributed by atoms with van der Waals surface area (Å²) in [6.45, 7) is 5.19. The van der Waals surface area contributed by atoms with E-state index in [4.69, 9.17) is 16.3 Å². The Morgan fingerprint density at radius 3 is 2.59 bits per heavy atom. The highest BCUT2D eigenvalue weighted by atomic mass is 35.5. The molecule has 0 aliphatic heterocycles. The first-order chi connectivity index (χ1) is 14.9. The van der Waals surface area contributed by atoms with Gasteiger partial charge in [0.25, 0.3) is 0 Å². The molecule has 0 N–H and O–H groups in total. The van der Waals surface area contributed by atoms with Gasteiger partial charge in [0.1, 0.15) is 18.0 Å². The zero-order valence-corrected chi connectivity index (χ0v) is 19.5. The van der Waals surface area contributed by atoms with Crippen molar-refractivity contribution < 1.29 is 22.3 Å². The summed E-state index contributed by atoms with van der Waals surface area (Å²) >= 11 is 5.88. The Labute approximate surface area is 190 Å². The Bertz CT molecular complexity index is 1240. The number of sulfone groups is 1. The molecule has 8 nitrogen and oxygen atoms in total. The summed E-state index contributed by atoms with van der Waals surface area (Å²) < 4.78 is 47.4. The van der Waals surface area contributed by atoms with E-state index in [0.29, 0.717) is 0 Å². The van der Waals surface area contributed by atoms with E-state index in [9.17, 15) is 17.6 Å². The van der Waals surface area contributed by atoms with Gasteiger partial charge in [-0.25, -0.2) is 22.3 Å². The maximum Gasteiger partial charge on any atom is 0.410 e. The predicted molar refractivity (Wildman–Crippen MR) is 116 cm³/mol. The molecule has 2 aromatic heterocycles. The molecule has 0 unspecified atom stereocenters.